The summed E-state index contributed by atoms with van der Waals surface area (Å²) < 4.78 is 6.96. The van der Waals surface area contributed by atoms with Crippen molar-refractivity contribution in [1.29, 1.82) is 0 Å². The Labute approximate surface area is 260 Å². The molecule has 2 fully saturated rings. The van der Waals surface area contributed by atoms with Crippen molar-refractivity contribution in [2.24, 2.45) is 17.8 Å². The van der Waals surface area contributed by atoms with Gasteiger partial charge in [-0.2, -0.15) is 0 Å². The number of fused-ring (bicyclic) bond motifs is 3. The second-order valence-electron chi connectivity index (χ2n) is 11.8. The van der Waals surface area contributed by atoms with Crippen LogP contribution in [0.3, 0.4) is 0 Å². The molecule has 1 aliphatic carbocycles. The first kappa shape index (κ1) is 31.2. The van der Waals surface area contributed by atoms with Crippen molar-refractivity contribution in [2.45, 2.75) is 64.3 Å². The lowest BCUT2D eigenvalue weighted by molar-refractivity contribution is -0.141. The number of phenols is 1. The molecule has 0 spiro atoms. The number of benzene rings is 2. The lowest BCUT2D eigenvalue weighted by atomic mass is 9.58. The van der Waals surface area contributed by atoms with Crippen LogP contribution in [0.1, 0.15) is 63.0 Å². The van der Waals surface area contributed by atoms with Crippen molar-refractivity contribution in [2.75, 3.05) is 6.54 Å². The van der Waals surface area contributed by atoms with Gasteiger partial charge in [-0.15, -0.1) is 0 Å². The summed E-state index contributed by atoms with van der Waals surface area (Å²) in [5.41, 5.74) is 4.77. The summed E-state index contributed by atoms with van der Waals surface area (Å²) in [6.45, 7) is 2.30. The van der Waals surface area contributed by atoms with Gasteiger partial charge >= 0.3 is 13.1 Å². The lowest BCUT2D eigenvalue weighted by Crippen LogP contribution is -2.46. The summed E-state index contributed by atoms with van der Waals surface area (Å²) in [4.78, 5) is 39.2. The van der Waals surface area contributed by atoms with E-state index >= 15 is 0 Å². The third-order valence-electron chi connectivity index (χ3n) is 8.96. The Morgan fingerprint density at radius 1 is 1.07 bits per heavy atom. The number of carboxylic acid groups (broad SMARTS) is 1. The quantitative estimate of drug-likeness (QED) is 0.0905. The molecule has 0 aromatic heterocycles. The maximum Gasteiger partial charge on any atom is 0.455 e. The van der Waals surface area contributed by atoms with Crippen molar-refractivity contribution < 1.29 is 34.3 Å². The molecule has 2 aromatic carbocycles. The van der Waals surface area contributed by atoms with Gasteiger partial charge in [0.2, 0.25) is 11.8 Å². The molecule has 43 heavy (non-hydrogen) atoms. The molecule has 10 heteroatoms. The van der Waals surface area contributed by atoms with Crippen molar-refractivity contribution in [3.8, 4) is 5.75 Å². The second-order valence-corrected chi connectivity index (χ2v) is 12.7. The molecular formula is C33H37BBrNO7. The van der Waals surface area contributed by atoms with Gasteiger partial charge < -0.3 is 19.9 Å². The molecule has 226 valence electrons. The number of unbranched alkanes of at least 4 members (excludes halogenated alkanes) is 2. The normalized spacial score (nSPS) is 23.9. The van der Waals surface area contributed by atoms with Gasteiger partial charge in [-0.05, 0) is 92.3 Å². The van der Waals surface area contributed by atoms with E-state index < -0.39 is 31.0 Å². The minimum atomic E-state index is -1.04. The van der Waals surface area contributed by atoms with Crippen molar-refractivity contribution in [1.82, 2.24) is 4.90 Å². The molecule has 0 saturated carbocycles. The van der Waals surface area contributed by atoms with Crippen LogP contribution in [0.15, 0.2) is 64.1 Å². The highest BCUT2D eigenvalue weighted by molar-refractivity contribution is 9.10. The first-order valence-electron chi connectivity index (χ1n) is 15.0. The Hall–Kier alpha value is -3.21. The molecular weight excluding hydrogens is 613 g/mol. The fourth-order valence-corrected chi connectivity index (χ4v) is 7.37. The largest absolute Gasteiger partial charge is 0.507 e. The van der Waals surface area contributed by atoms with Gasteiger partial charge in [0.05, 0.1) is 17.9 Å². The molecule has 2 aliphatic heterocycles. The fraction of sp³-hybridized carbons (Fsp3) is 0.424. The number of aliphatic carboxylic acids is 1. The van der Waals surface area contributed by atoms with Crippen molar-refractivity contribution in [3.05, 3.63) is 75.3 Å². The molecule has 3 aliphatic rings. The summed E-state index contributed by atoms with van der Waals surface area (Å²) in [6, 6.07) is 15.2. The van der Waals surface area contributed by atoms with E-state index in [1.165, 1.54) is 4.90 Å². The van der Waals surface area contributed by atoms with Crippen LogP contribution in [-0.4, -0.2) is 57.7 Å². The Morgan fingerprint density at radius 3 is 2.58 bits per heavy atom. The molecule has 2 aromatic rings. The van der Waals surface area contributed by atoms with Crippen LogP contribution in [0.2, 0.25) is 6.32 Å². The number of imide groups is 1. The number of carboxylic acids is 1. The first-order chi connectivity index (χ1) is 20.6. The van der Waals surface area contributed by atoms with Crippen molar-refractivity contribution in [3.63, 3.8) is 0 Å². The number of carbonyl (C=O) groups is 3. The Kier molecular flexibility index (Phi) is 9.89. The number of rotatable bonds is 11. The zero-order valence-electron chi connectivity index (χ0n) is 24.2. The third-order valence-corrected chi connectivity index (χ3v) is 9.45. The number of hydrogen-bond donors (Lipinski definition) is 3. The molecule has 5 rings (SSSR count). The minimum Gasteiger partial charge on any atom is -0.507 e. The van der Waals surface area contributed by atoms with E-state index in [2.05, 4.69) is 15.9 Å². The van der Waals surface area contributed by atoms with E-state index in [1.807, 2.05) is 49.4 Å². The summed E-state index contributed by atoms with van der Waals surface area (Å²) in [6.07, 6.45) is 5.26. The van der Waals surface area contributed by atoms with E-state index in [0.717, 1.165) is 26.8 Å². The SMILES string of the molecule is CC1=C2[C@@H](CC/C(=C/c3cc(Br)ccc3O)c3ccccc3)OB(O)C[C@@H]2[C@@H]2C(=O)N(CCCCCC(=O)O)C(=O)[C@@H]2C1. The molecule has 2 heterocycles. The van der Waals surface area contributed by atoms with Crippen LogP contribution < -0.4 is 0 Å². The summed E-state index contributed by atoms with van der Waals surface area (Å²) in [5, 5.41) is 30.2. The molecule has 0 bridgehead atoms. The maximum absolute atomic E-state index is 13.6. The van der Waals surface area contributed by atoms with Gasteiger partial charge in [-0.25, -0.2) is 0 Å². The highest BCUT2D eigenvalue weighted by atomic mass is 79.9. The number of nitrogens with zero attached hydrogens (tertiary/aromatic N) is 1. The third kappa shape index (κ3) is 6.97. The number of phenolic OH excluding ortho intramolecular Hbond substituents is 1. The number of carbonyl (C=O) groups excluding carboxylic acids is 2. The summed E-state index contributed by atoms with van der Waals surface area (Å²) in [7, 11) is -1.04. The number of hydrogen-bond acceptors (Lipinski definition) is 6. The topological polar surface area (TPSA) is 124 Å². The zero-order valence-corrected chi connectivity index (χ0v) is 25.8. The minimum absolute atomic E-state index is 0.0756. The summed E-state index contributed by atoms with van der Waals surface area (Å²) in [5.74, 6) is -2.26. The Morgan fingerprint density at radius 2 is 1.84 bits per heavy atom. The monoisotopic (exact) mass is 649 g/mol. The van der Waals surface area contributed by atoms with Crippen LogP contribution >= 0.6 is 15.9 Å². The van der Waals surface area contributed by atoms with Gasteiger partial charge in [0.1, 0.15) is 5.75 Å². The number of amides is 2. The summed E-state index contributed by atoms with van der Waals surface area (Å²) >= 11 is 3.49. The number of likely N-dealkylation sites (tertiary alicyclic amines) is 1. The van der Waals surface area contributed by atoms with Gasteiger partial charge in [0.15, 0.2) is 0 Å². The van der Waals surface area contributed by atoms with Gasteiger partial charge in [0, 0.05) is 23.0 Å². The Bertz CT molecular complexity index is 1440. The van der Waals surface area contributed by atoms with E-state index in [-0.39, 0.29) is 36.2 Å². The van der Waals surface area contributed by atoms with E-state index in [4.69, 9.17) is 9.76 Å². The predicted octanol–water partition coefficient (Wildman–Crippen LogP) is 5.94. The van der Waals surface area contributed by atoms with Gasteiger partial charge in [0.25, 0.3) is 0 Å². The highest BCUT2D eigenvalue weighted by Gasteiger charge is 2.56. The highest BCUT2D eigenvalue weighted by Crippen LogP contribution is 2.50. The number of aromatic hydroxyl groups is 1. The average Bonchev–Trinajstić information content (AvgIpc) is 3.21. The van der Waals surface area contributed by atoms with E-state index in [0.29, 0.717) is 50.6 Å². The first-order valence-corrected chi connectivity index (χ1v) is 15.8. The molecule has 2 saturated heterocycles. The molecule has 0 radical (unpaired) electrons. The molecule has 8 nitrogen and oxygen atoms in total. The molecule has 2 amide bonds. The van der Waals surface area contributed by atoms with E-state index in [1.54, 1.807) is 12.1 Å². The van der Waals surface area contributed by atoms with Crippen LogP contribution in [0.5, 0.6) is 5.75 Å². The molecule has 4 atom stereocenters. The van der Waals surface area contributed by atoms with Crippen LogP contribution in [0.4, 0.5) is 0 Å². The van der Waals surface area contributed by atoms with E-state index in [9.17, 15) is 24.5 Å². The smallest absolute Gasteiger partial charge is 0.455 e. The van der Waals surface area contributed by atoms with Crippen molar-refractivity contribution >= 4 is 52.5 Å². The van der Waals surface area contributed by atoms with Crippen LogP contribution in [0.25, 0.3) is 11.6 Å². The predicted molar refractivity (Wildman–Crippen MR) is 168 cm³/mol. The lowest BCUT2D eigenvalue weighted by Gasteiger charge is -2.42. The van der Waals surface area contributed by atoms with Gasteiger partial charge in [-0.1, -0.05) is 58.3 Å². The number of allylic oxidation sites excluding steroid dienone is 2. The van der Waals surface area contributed by atoms with Gasteiger partial charge in [-0.3, -0.25) is 19.3 Å². The molecule has 3 N–H and O–H groups in total. The standard InChI is InChI=1S/C33H37BBrNO7/c1-20-16-25-31(33(41)36(32(25)40)15-7-3-6-10-29(38)39)26-19-34(42)43-28(30(20)26)14-11-22(21-8-4-2-5-9-21)17-23-18-24(35)12-13-27(23)37/h2,4-5,8-9,12-13,17-18,25-26,28,31,37,42H,3,6-7,10-11,14-16,19H2,1H3,(H,38,39)/b22-17-/t25-,26+,28-,31-/m1/s1. The van der Waals surface area contributed by atoms with Crippen LogP contribution in [-0.2, 0) is 19.0 Å². The zero-order chi connectivity index (χ0) is 30.7. The average molecular weight is 650 g/mol. The maximum atomic E-state index is 13.6. The fourth-order valence-electron chi connectivity index (χ4n) is 7.00. The molecule has 0 unspecified atom stereocenters. The second kappa shape index (κ2) is 13.6. The number of halogens is 1. The Balaban J connectivity index is 1.35. The van der Waals surface area contributed by atoms with Crippen LogP contribution in [0, 0.1) is 17.8 Å².